The van der Waals surface area contributed by atoms with Crippen LogP contribution < -0.4 is 16.4 Å². The fraction of sp³-hybridized carbons (Fsp3) is 0.400. The lowest BCUT2D eigenvalue weighted by molar-refractivity contribution is -0.119. The summed E-state index contributed by atoms with van der Waals surface area (Å²) in [6.45, 7) is 2.82. The first-order valence-electron chi connectivity index (χ1n) is 9.10. The van der Waals surface area contributed by atoms with Gasteiger partial charge in [0.2, 0.25) is 5.91 Å². The summed E-state index contributed by atoms with van der Waals surface area (Å²) in [5, 5.41) is 9.42. The van der Waals surface area contributed by atoms with Crippen molar-refractivity contribution in [1.82, 2.24) is 15.5 Å². The van der Waals surface area contributed by atoms with Gasteiger partial charge in [0.1, 0.15) is 0 Å². The molecule has 1 aliphatic rings. The number of hydrogen-bond acceptors (Lipinski definition) is 3. The Bertz CT molecular complexity index is 775. The molecule has 1 amide bonds. The number of amides is 1. The molecule has 0 aliphatic carbocycles. The van der Waals surface area contributed by atoms with Crippen LogP contribution in [0.15, 0.2) is 47.5 Å². The van der Waals surface area contributed by atoms with Crippen LogP contribution in [0.5, 0.6) is 0 Å². The zero-order valence-electron chi connectivity index (χ0n) is 15.2. The van der Waals surface area contributed by atoms with Gasteiger partial charge in [-0.15, -0.1) is 0 Å². The molecule has 1 fully saturated rings. The highest BCUT2D eigenvalue weighted by Crippen LogP contribution is 2.18. The van der Waals surface area contributed by atoms with E-state index in [1.165, 1.54) is 16.3 Å². The first-order valence-corrected chi connectivity index (χ1v) is 9.10. The molecular formula is C20H27N5O. The SMILES string of the molecule is CN=C(NCc1cccc2ccccc12)NC1CCN(CC(N)=O)CC1. The van der Waals surface area contributed by atoms with Gasteiger partial charge in [0.25, 0.3) is 0 Å². The molecule has 6 heteroatoms. The van der Waals surface area contributed by atoms with Crippen LogP contribution in [0.25, 0.3) is 10.8 Å². The second-order valence-electron chi connectivity index (χ2n) is 6.73. The summed E-state index contributed by atoms with van der Waals surface area (Å²) < 4.78 is 0. The van der Waals surface area contributed by atoms with Crippen molar-refractivity contribution in [3.05, 3.63) is 48.0 Å². The van der Waals surface area contributed by atoms with Gasteiger partial charge in [-0.3, -0.25) is 14.7 Å². The van der Waals surface area contributed by atoms with Crippen molar-refractivity contribution >= 4 is 22.6 Å². The number of guanidine groups is 1. The first-order chi connectivity index (χ1) is 12.7. The van der Waals surface area contributed by atoms with Crippen LogP contribution >= 0.6 is 0 Å². The Kier molecular flexibility index (Phi) is 6.07. The Hall–Kier alpha value is -2.60. The van der Waals surface area contributed by atoms with E-state index >= 15 is 0 Å². The largest absolute Gasteiger partial charge is 0.369 e. The minimum absolute atomic E-state index is 0.260. The van der Waals surface area contributed by atoms with E-state index in [-0.39, 0.29) is 5.91 Å². The van der Waals surface area contributed by atoms with Gasteiger partial charge in [-0.1, -0.05) is 42.5 Å². The van der Waals surface area contributed by atoms with E-state index in [4.69, 9.17) is 5.73 Å². The van der Waals surface area contributed by atoms with Crippen molar-refractivity contribution in [3.63, 3.8) is 0 Å². The Labute approximate surface area is 154 Å². The molecule has 3 rings (SSSR count). The molecule has 0 radical (unpaired) electrons. The fourth-order valence-electron chi connectivity index (χ4n) is 3.47. The molecule has 4 N–H and O–H groups in total. The van der Waals surface area contributed by atoms with E-state index in [9.17, 15) is 4.79 Å². The number of benzene rings is 2. The molecule has 0 aromatic heterocycles. The highest BCUT2D eigenvalue weighted by atomic mass is 16.1. The summed E-state index contributed by atoms with van der Waals surface area (Å²) in [7, 11) is 1.79. The van der Waals surface area contributed by atoms with Crippen molar-refractivity contribution in [2.75, 3.05) is 26.7 Å². The van der Waals surface area contributed by atoms with E-state index < -0.39 is 0 Å². The van der Waals surface area contributed by atoms with Crippen LogP contribution in [0.2, 0.25) is 0 Å². The van der Waals surface area contributed by atoms with Gasteiger partial charge in [-0.25, -0.2) is 0 Å². The Morgan fingerprint density at radius 2 is 1.92 bits per heavy atom. The normalized spacial score (nSPS) is 16.6. The van der Waals surface area contributed by atoms with E-state index in [0.717, 1.165) is 38.4 Å². The summed E-state index contributed by atoms with van der Waals surface area (Å²) in [5.74, 6) is 0.551. The maximum absolute atomic E-state index is 11.0. The van der Waals surface area contributed by atoms with Crippen molar-refractivity contribution in [2.24, 2.45) is 10.7 Å². The summed E-state index contributed by atoms with van der Waals surface area (Å²) in [4.78, 5) is 17.5. The predicted molar refractivity (Wildman–Crippen MR) is 106 cm³/mol. The summed E-state index contributed by atoms with van der Waals surface area (Å²) in [6.07, 6.45) is 1.95. The number of carbonyl (C=O) groups excluding carboxylic acids is 1. The van der Waals surface area contributed by atoms with Crippen LogP contribution in [0.1, 0.15) is 18.4 Å². The molecular weight excluding hydrogens is 326 g/mol. The third kappa shape index (κ3) is 4.73. The van der Waals surface area contributed by atoms with Crippen molar-refractivity contribution < 1.29 is 4.79 Å². The molecule has 138 valence electrons. The number of primary amides is 1. The molecule has 0 bridgehead atoms. The minimum Gasteiger partial charge on any atom is -0.369 e. The Morgan fingerprint density at radius 3 is 2.65 bits per heavy atom. The highest BCUT2D eigenvalue weighted by Gasteiger charge is 2.20. The lowest BCUT2D eigenvalue weighted by atomic mass is 10.0. The minimum atomic E-state index is -0.260. The van der Waals surface area contributed by atoms with Gasteiger partial charge < -0.3 is 16.4 Å². The van der Waals surface area contributed by atoms with Gasteiger partial charge in [0, 0.05) is 32.7 Å². The van der Waals surface area contributed by atoms with E-state index in [1.807, 2.05) is 0 Å². The number of aliphatic imine (C=N–C) groups is 1. The fourth-order valence-corrected chi connectivity index (χ4v) is 3.47. The lowest BCUT2D eigenvalue weighted by Crippen LogP contribution is -2.49. The number of hydrogen-bond donors (Lipinski definition) is 3. The second-order valence-corrected chi connectivity index (χ2v) is 6.73. The average molecular weight is 353 g/mol. The van der Waals surface area contributed by atoms with E-state index in [1.54, 1.807) is 7.05 Å². The number of nitrogens with one attached hydrogen (secondary N) is 2. The van der Waals surface area contributed by atoms with Gasteiger partial charge in [0.05, 0.1) is 6.54 Å². The van der Waals surface area contributed by atoms with E-state index in [2.05, 4.69) is 63.0 Å². The molecule has 0 unspecified atom stereocenters. The third-order valence-corrected chi connectivity index (χ3v) is 4.86. The number of fused-ring (bicyclic) bond motifs is 1. The van der Waals surface area contributed by atoms with Gasteiger partial charge >= 0.3 is 0 Å². The Morgan fingerprint density at radius 1 is 1.19 bits per heavy atom. The lowest BCUT2D eigenvalue weighted by Gasteiger charge is -2.32. The van der Waals surface area contributed by atoms with Gasteiger partial charge in [-0.05, 0) is 29.2 Å². The Balaban J connectivity index is 1.53. The van der Waals surface area contributed by atoms with Crippen molar-refractivity contribution in [1.29, 1.82) is 0 Å². The smallest absolute Gasteiger partial charge is 0.231 e. The molecule has 2 aromatic rings. The standard InChI is InChI=1S/C20H27N5O/c1-22-20(24-17-9-11-25(12-10-17)14-19(21)26)23-13-16-7-4-6-15-5-2-3-8-18(15)16/h2-8,17H,9-14H2,1H3,(H2,21,26)(H2,22,23,24). The molecule has 1 saturated heterocycles. The average Bonchev–Trinajstić information content (AvgIpc) is 2.66. The van der Waals surface area contributed by atoms with Crippen molar-refractivity contribution in [2.45, 2.75) is 25.4 Å². The van der Waals surface area contributed by atoms with Crippen LogP contribution in [-0.4, -0.2) is 49.5 Å². The van der Waals surface area contributed by atoms with Crippen LogP contribution in [0.4, 0.5) is 0 Å². The summed E-state index contributed by atoms with van der Waals surface area (Å²) in [5.41, 5.74) is 6.52. The third-order valence-electron chi connectivity index (χ3n) is 4.86. The molecule has 0 atom stereocenters. The monoisotopic (exact) mass is 353 g/mol. The van der Waals surface area contributed by atoms with Gasteiger partial charge in [0.15, 0.2) is 5.96 Å². The molecule has 2 aromatic carbocycles. The number of likely N-dealkylation sites (tertiary alicyclic amines) is 1. The predicted octanol–water partition coefficient (Wildman–Crippen LogP) is 1.45. The number of nitrogens with two attached hydrogens (primary N) is 1. The maximum atomic E-state index is 11.0. The number of nitrogens with zero attached hydrogens (tertiary/aromatic N) is 2. The number of piperidine rings is 1. The molecule has 1 heterocycles. The summed E-state index contributed by atoms with van der Waals surface area (Å²) >= 11 is 0. The van der Waals surface area contributed by atoms with Crippen LogP contribution in [0, 0.1) is 0 Å². The number of rotatable bonds is 5. The van der Waals surface area contributed by atoms with Gasteiger partial charge in [-0.2, -0.15) is 0 Å². The summed E-state index contributed by atoms with van der Waals surface area (Å²) in [6, 6.07) is 15.1. The zero-order chi connectivity index (χ0) is 18.4. The second kappa shape index (κ2) is 8.67. The molecule has 6 nitrogen and oxygen atoms in total. The quantitative estimate of drug-likeness (QED) is 0.561. The first kappa shape index (κ1) is 18.2. The molecule has 26 heavy (non-hydrogen) atoms. The zero-order valence-corrected chi connectivity index (χ0v) is 15.2. The number of carbonyl (C=O) groups is 1. The molecule has 1 aliphatic heterocycles. The molecule has 0 spiro atoms. The van der Waals surface area contributed by atoms with E-state index in [0.29, 0.717) is 12.6 Å². The van der Waals surface area contributed by atoms with Crippen LogP contribution in [-0.2, 0) is 11.3 Å². The van der Waals surface area contributed by atoms with Crippen LogP contribution in [0.3, 0.4) is 0 Å². The van der Waals surface area contributed by atoms with Crippen molar-refractivity contribution in [3.8, 4) is 0 Å². The highest BCUT2D eigenvalue weighted by molar-refractivity contribution is 5.86. The topological polar surface area (TPSA) is 82.8 Å². The molecule has 0 saturated carbocycles. The maximum Gasteiger partial charge on any atom is 0.231 e.